The Morgan fingerprint density at radius 1 is 1.29 bits per heavy atom. The van der Waals surface area contributed by atoms with E-state index in [2.05, 4.69) is 37.1 Å². The van der Waals surface area contributed by atoms with Gasteiger partial charge in [-0.1, -0.05) is 53.0 Å². The summed E-state index contributed by atoms with van der Waals surface area (Å²) in [5.41, 5.74) is 2.81. The Labute approximate surface area is 110 Å². The molecule has 1 heterocycles. The minimum atomic E-state index is 0.294. The molecule has 1 nitrogen and oxygen atoms in total. The molecule has 1 rings (SSSR count). The molecule has 0 saturated heterocycles. The second-order valence-electron chi connectivity index (χ2n) is 5.09. The van der Waals surface area contributed by atoms with Gasteiger partial charge in [0.2, 0.25) is 0 Å². The van der Waals surface area contributed by atoms with Crippen LogP contribution in [0.2, 0.25) is 0 Å². The van der Waals surface area contributed by atoms with Crippen LogP contribution in [0, 0.1) is 0 Å². The van der Waals surface area contributed by atoms with E-state index in [-0.39, 0.29) is 0 Å². The number of aromatic nitrogens is 1. The molecule has 1 aromatic rings. The van der Waals surface area contributed by atoms with Gasteiger partial charge in [-0.2, -0.15) is 4.37 Å². The molecular formula is C15H25NS. The summed E-state index contributed by atoms with van der Waals surface area (Å²) < 4.78 is 4.44. The van der Waals surface area contributed by atoms with Crippen molar-refractivity contribution in [3.05, 3.63) is 23.2 Å². The molecule has 0 bridgehead atoms. The van der Waals surface area contributed by atoms with Crippen LogP contribution in [0.1, 0.15) is 70.6 Å². The van der Waals surface area contributed by atoms with Gasteiger partial charge in [-0.05, 0) is 41.4 Å². The fourth-order valence-electron chi connectivity index (χ4n) is 2.37. The Kier molecular flexibility index (Phi) is 5.90. The van der Waals surface area contributed by atoms with Crippen molar-refractivity contribution in [2.45, 2.75) is 64.7 Å². The summed E-state index contributed by atoms with van der Waals surface area (Å²) in [6, 6.07) is 0. The highest BCUT2D eigenvalue weighted by atomic mass is 32.1. The lowest BCUT2D eigenvalue weighted by molar-refractivity contribution is 0.374. The van der Waals surface area contributed by atoms with Gasteiger partial charge >= 0.3 is 0 Å². The van der Waals surface area contributed by atoms with E-state index in [4.69, 9.17) is 0 Å². The topological polar surface area (TPSA) is 12.9 Å². The second-order valence-corrected chi connectivity index (χ2v) is 5.71. The minimum absolute atomic E-state index is 0.294. The van der Waals surface area contributed by atoms with Crippen molar-refractivity contribution < 1.29 is 0 Å². The summed E-state index contributed by atoms with van der Waals surface area (Å²) in [6.45, 7) is 10.8. The maximum atomic E-state index is 4.44. The number of hydrogen-bond donors (Lipinski definition) is 0. The lowest BCUT2D eigenvalue weighted by Gasteiger charge is -2.29. The molecule has 0 amide bonds. The van der Waals surface area contributed by atoms with Gasteiger partial charge in [0.05, 0.1) is 5.69 Å². The zero-order valence-electron chi connectivity index (χ0n) is 11.5. The predicted octanol–water partition coefficient (Wildman–Crippen LogP) is 5.42. The minimum Gasteiger partial charge on any atom is -0.193 e. The molecule has 96 valence electrons. The van der Waals surface area contributed by atoms with E-state index >= 15 is 0 Å². The molecule has 0 aliphatic carbocycles. The van der Waals surface area contributed by atoms with Crippen molar-refractivity contribution in [2.24, 2.45) is 0 Å². The first-order valence-corrected chi connectivity index (χ1v) is 7.59. The van der Waals surface area contributed by atoms with Crippen LogP contribution in [0.4, 0.5) is 0 Å². The molecule has 0 aliphatic heterocycles. The first-order chi connectivity index (χ1) is 8.18. The lowest BCUT2D eigenvalue weighted by Crippen LogP contribution is -2.22. The van der Waals surface area contributed by atoms with E-state index in [1.807, 2.05) is 6.08 Å². The highest BCUT2D eigenvalue weighted by molar-refractivity contribution is 7.03. The standard InChI is InChI=1S/C15H25NS/c1-5-8-10-15(4,11-9-6-2)13-12-17-16-14(13)7-3/h7,12H,3,5-6,8-11H2,1-2,4H3. The van der Waals surface area contributed by atoms with E-state index in [9.17, 15) is 0 Å². The third-order valence-corrected chi connectivity index (χ3v) is 4.25. The smallest absolute Gasteiger partial charge is 0.0799 e. The average molecular weight is 251 g/mol. The van der Waals surface area contributed by atoms with Gasteiger partial charge in [0.1, 0.15) is 0 Å². The molecular weight excluding hydrogens is 226 g/mol. The van der Waals surface area contributed by atoms with Gasteiger partial charge in [0.15, 0.2) is 0 Å². The van der Waals surface area contributed by atoms with Gasteiger partial charge in [0.25, 0.3) is 0 Å². The molecule has 0 unspecified atom stereocenters. The van der Waals surface area contributed by atoms with Gasteiger partial charge in [0, 0.05) is 5.38 Å². The summed E-state index contributed by atoms with van der Waals surface area (Å²) >= 11 is 1.56. The van der Waals surface area contributed by atoms with Crippen molar-refractivity contribution >= 4 is 17.6 Å². The molecule has 0 N–H and O–H groups in total. The second kappa shape index (κ2) is 6.95. The molecule has 2 heteroatoms. The van der Waals surface area contributed by atoms with Crippen molar-refractivity contribution in [1.29, 1.82) is 0 Å². The average Bonchev–Trinajstić information content (AvgIpc) is 2.82. The third-order valence-electron chi connectivity index (χ3n) is 3.61. The van der Waals surface area contributed by atoms with Gasteiger partial charge in [-0.3, -0.25) is 0 Å². The van der Waals surface area contributed by atoms with E-state index in [1.54, 1.807) is 11.5 Å². The van der Waals surface area contributed by atoms with Crippen LogP contribution in [0.15, 0.2) is 12.0 Å². The van der Waals surface area contributed by atoms with Gasteiger partial charge in [-0.15, -0.1) is 0 Å². The first kappa shape index (κ1) is 14.4. The zero-order valence-corrected chi connectivity index (χ0v) is 12.3. The van der Waals surface area contributed by atoms with Crippen molar-refractivity contribution in [3.8, 4) is 0 Å². The van der Waals surface area contributed by atoms with E-state index in [1.165, 1.54) is 44.1 Å². The number of rotatable bonds is 8. The Bertz CT molecular complexity index is 332. The zero-order chi connectivity index (χ0) is 12.7. The Morgan fingerprint density at radius 2 is 1.88 bits per heavy atom. The Balaban J connectivity index is 2.91. The van der Waals surface area contributed by atoms with E-state index in [0.717, 1.165) is 5.69 Å². The van der Waals surface area contributed by atoms with Crippen LogP contribution in [0.3, 0.4) is 0 Å². The summed E-state index contributed by atoms with van der Waals surface area (Å²) in [7, 11) is 0. The molecule has 1 aromatic heterocycles. The van der Waals surface area contributed by atoms with Crippen molar-refractivity contribution in [2.75, 3.05) is 0 Å². The monoisotopic (exact) mass is 251 g/mol. The Hall–Kier alpha value is -0.630. The van der Waals surface area contributed by atoms with Crippen LogP contribution in [0.5, 0.6) is 0 Å². The van der Waals surface area contributed by atoms with E-state index < -0.39 is 0 Å². The molecule has 17 heavy (non-hydrogen) atoms. The molecule has 0 aromatic carbocycles. The molecule has 0 spiro atoms. The van der Waals surface area contributed by atoms with Crippen molar-refractivity contribution in [1.82, 2.24) is 4.37 Å². The molecule has 0 atom stereocenters. The molecule has 0 aliphatic rings. The fraction of sp³-hybridized carbons (Fsp3) is 0.667. The van der Waals surface area contributed by atoms with Gasteiger partial charge in [-0.25, -0.2) is 0 Å². The largest absolute Gasteiger partial charge is 0.193 e. The quantitative estimate of drug-likeness (QED) is 0.601. The fourth-order valence-corrected chi connectivity index (χ4v) is 3.22. The highest BCUT2D eigenvalue weighted by Crippen LogP contribution is 2.37. The van der Waals surface area contributed by atoms with Crippen LogP contribution in [-0.2, 0) is 5.41 Å². The summed E-state index contributed by atoms with van der Waals surface area (Å²) in [4.78, 5) is 0. The summed E-state index contributed by atoms with van der Waals surface area (Å²) in [5, 5.41) is 2.22. The van der Waals surface area contributed by atoms with Crippen molar-refractivity contribution in [3.63, 3.8) is 0 Å². The number of unbranched alkanes of at least 4 members (excludes halogenated alkanes) is 2. The van der Waals surface area contributed by atoms with Crippen LogP contribution in [-0.4, -0.2) is 4.37 Å². The third kappa shape index (κ3) is 3.67. The predicted molar refractivity (Wildman–Crippen MR) is 78.6 cm³/mol. The molecule has 0 radical (unpaired) electrons. The Morgan fingerprint density at radius 3 is 2.35 bits per heavy atom. The normalized spacial score (nSPS) is 11.7. The maximum Gasteiger partial charge on any atom is 0.0799 e. The van der Waals surface area contributed by atoms with Gasteiger partial charge < -0.3 is 0 Å². The number of hydrogen-bond acceptors (Lipinski definition) is 2. The summed E-state index contributed by atoms with van der Waals surface area (Å²) in [6.07, 6.45) is 9.57. The highest BCUT2D eigenvalue weighted by Gasteiger charge is 2.28. The molecule has 0 saturated carbocycles. The summed E-state index contributed by atoms with van der Waals surface area (Å²) in [5.74, 6) is 0. The first-order valence-electron chi connectivity index (χ1n) is 6.75. The van der Waals surface area contributed by atoms with E-state index in [0.29, 0.717) is 5.41 Å². The number of nitrogens with zero attached hydrogens (tertiary/aromatic N) is 1. The maximum absolute atomic E-state index is 4.44. The molecule has 0 fully saturated rings. The van der Waals surface area contributed by atoms with Crippen LogP contribution in [0.25, 0.3) is 6.08 Å². The lowest BCUT2D eigenvalue weighted by atomic mass is 9.74. The van der Waals surface area contributed by atoms with Crippen LogP contribution >= 0.6 is 11.5 Å². The SMILES string of the molecule is C=Cc1nscc1C(C)(CCCC)CCCC. The van der Waals surface area contributed by atoms with Crippen LogP contribution < -0.4 is 0 Å².